The van der Waals surface area contributed by atoms with Crippen LogP contribution in [0.3, 0.4) is 0 Å². The third-order valence-corrected chi connectivity index (χ3v) is 4.54. The number of piperidine rings is 1. The SMILES string of the molecule is CCc1cc(N2CCC(Oc3cccc(F)c3)CC2)c2nncn2n1. The van der Waals surface area contributed by atoms with Gasteiger partial charge in [-0.05, 0) is 24.6 Å². The summed E-state index contributed by atoms with van der Waals surface area (Å²) in [6.07, 6.45) is 4.35. The smallest absolute Gasteiger partial charge is 0.200 e. The molecule has 1 aromatic carbocycles. The molecule has 7 heteroatoms. The zero-order valence-electron chi connectivity index (χ0n) is 14.1. The summed E-state index contributed by atoms with van der Waals surface area (Å²) < 4.78 is 20.9. The lowest BCUT2D eigenvalue weighted by Crippen LogP contribution is -2.38. The number of anilines is 1. The van der Waals surface area contributed by atoms with Crippen molar-refractivity contribution < 1.29 is 9.13 Å². The van der Waals surface area contributed by atoms with E-state index in [0.29, 0.717) is 5.75 Å². The molecule has 25 heavy (non-hydrogen) atoms. The maximum absolute atomic E-state index is 13.3. The lowest BCUT2D eigenvalue weighted by Gasteiger charge is -2.33. The summed E-state index contributed by atoms with van der Waals surface area (Å²) in [6.45, 7) is 3.80. The van der Waals surface area contributed by atoms with Gasteiger partial charge in [0, 0.05) is 32.0 Å². The molecule has 1 aliphatic heterocycles. The third-order valence-electron chi connectivity index (χ3n) is 4.54. The number of halogens is 1. The van der Waals surface area contributed by atoms with Crippen LogP contribution in [0.15, 0.2) is 36.7 Å². The maximum Gasteiger partial charge on any atom is 0.200 e. The monoisotopic (exact) mass is 341 g/mol. The summed E-state index contributed by atoms with van der Waals surface area (Å²) in [5.41, 5.74) is 2.86. The molecule has 3 aromatic rings. The summed E-state index contributed by atoms with van der Waals surface area (Å²) in [6, 6.07) is 8.42. The van der Waals surface area contributed by atoms with Crippen LogP contribution in [0.25, 0.3) is 5.65 Å². The Bertz CT molecular complexity index is 873. The van der Waals surface area contributed by atoms with E-state index in [4.69, 9.17) is 4.74 Å². The predicted molar refractivity (Wildman–Crippen MR) is 92.4 cm³/mol. The summed E-state index contributed by atoms with van der Waals surface area (Å²) in [7, 11) is 0. The number of aromatic nitrogens is 4. The number of hydrogen-bond donors (Lipinski definition) is 0. The Kier molecular flexibility index (Phi) is 4.21. The second-order valence-corrected chi connectivity index (χ2v) is 6.24. The molecule has 0 bridgehead atoms. The van der Waals surface area contributed by atoms with Crippen molar-refractivity contribution in [1.82, 2.24) is 19.8 Å². The van der Waals surface area contributed by atoms with Crippen molar-refractivity contribution in [3.05, 3.63) is 48.2 Å². The average molecular weight is 341 g/mol. The van der Waals surface area contributed by atoms with E-state index in [0.717, 1.165) is 49.4 Å². The van der Waals surface area contributed by atoms with Crippen LogP contribution in [0.1, 0.15) is 25.5 Å². The Balaban J connectivity index is 1.48. The average Bonchev–Trinajstić information content (AvgIpc) is 3.10. The summed E-state index contributed by atoms with van der Waals surface area (Å²) in [5.74, 6) is 0.323. The number of ether oxygens (including phenoxy) is 1. The Morgan fingerprint density at radius 2 is 2.08 bits per heavy atom. The van der Waals surface area contributed by atoms with E-state index in [1.54, 1.807) is 23.0 Å². The molecule has 0 saturated carbocycles. The molecule has 6 nitrogen and oxygen atoms in total. The highest BCUT2D eigenvalue weighted by Crippen LogP contribution is 2.26. The maximum atomic E-state index is 13.3. The lowest BCUT2D eigenvalue weighted by molar-refractivity contribution is 0.170. The van der Waals surface area contributed by atoms with Crippen molar-refractivity contribution >= 4 is 11.3 Å². The molecular weight excluding hydrogens is 321 g/mol. The van der Waals surface area contributed by atoms with E-state index < -0.39 is 0 Å². The van der Waals surface area contributed by atoms with Crippen LogP contribution >= 0.6 is 0 Å². The lowest BCUT2D eigenvalue weighted by atomic mass is 10.1. The zero-order valence-corrected chi connectivity index (χ0v) is 14.1. The molecule has 4 rings (SSSR count). The Morgan fingerprint density at radius 3 is 2.84 bits per heavy atom. The van der Waals surface area contributed by atoms with Crippen LogP contribution in [0.4, 0.5) is 10.1 Å². The van der Waals surface area contributed by atoms with Crippen LogP contribution in [-0.4, -0.2) is 39.0 Å². The normalized spacial score (nSPS) is 15.7. The Hall–Kier alpha value is -2.70. The molecule has 2 aromatic heterocycles. The van der Waals surface area contributed by atoms with Gasteiger partial charge in [-0.2, -0.15) is 9.61 Å². The second-order valence-electron chi connectivity index (χ2n) is 6.24. The number of benzene rings is 1. The van der Waals surface area contributed by atoms with E-state index >= 15 is 0 Å². The van der Waals surface area contributed by atoms with Crippen LogP contribution in [-0.2, 0) is 6.42 Å². The van der Waals surface area contributed by atoms with Gasteiger partial charge in [0.15, 0.2) is 0 Å². The van der Waals surface area contributed by atoms with Gasteiger partial charge in [-0.25, -0.2) is 4.39 Å². The molecule has 0 atom stereocenters. The Morgan fingerprint density at radius 1 is 1.24 bits per heavy atom. The molecular formula is C18H20FN5O. The highest BCUT2D eigenvalue weighted by Gasteiger charge is 2.23. The molecule has 0 radical (unpaired) electrons. The zero-order chi connectivity index (χ0) is 17.2. The van der Waals surface area contributed by atoms with E-state index in [-0.39, 0.29) is 11.9 Å². The largest absolute Gasteiger partial charge is 0.490 e. The number of aryl methyl sites for hydroxylation is 1. The minimum absolute atomic E-state index is 0.0967. The van der Waals surface area contributed by atoms with Gasteiger partial charge in [0.1, 0.15) is 24.0 Å². The number of hydrogen-bond acceptors (Lipinski definition) is 5. The standard InChI is InChI=1S/C18H20FN5O/c1-2-14-11-17(18-21-20-12-24(18)22-14)23-8-6-15(7-9-23)25-16-5-3-4-13(19)10-16/h3-5,10-12,15H,2,6-9H2,1H3. The van der Waals surface area contributed by atoms with Gasteiger partial charge in [-0.1, -0.05) is 13.0 Å². The van der Waals surface area contributed by atoms with Crippen LogP contribution in [0.2, 0.25) is 0 Å². The number of rotatable bonds is 4. The van der Waals surface area contributed by atoms with Crippen molar-refractivity contribution in [2.45, 2.75) is 32.3 Å². The van der Waals surface area contributed by atoms with E-state index in [1.807, 2.05) is 0 Å². The first kappa shape index (κ1) is 15.8. The summed E-state index contributed by atoms with van der Waals surface area (Å²) >= 11 is 0. The highest BCUT2D eigenvalue weighted by molar-refractivity contribution is 5.68. The first-order chi connectivity index (χ1) is 12.2. The quantitative estimate of drug-likeness (QED) is 0.730. The summed E-state index contributed by atoms with van der Waals surface area (Å²) in [5, 5.41) is 12.7. The molecule has 0 amide bonds. The van der Waals surface area contributed by atoms with Crippen molar-refractivity contribution in [3.8, 4) is 5.75 Å². The minimum Gasteiger partial charge on any atom is -0.490 e. The van der Waals surface area contributed by atoms with E-state index in [9.17, 15) is 4.39 Å². The molecule has 130 valence electrons. The fourth-order valence-corrected chi connectivity index (χ4v) is 3.21. The fourth-order valence-electron chi connectivity index (χ4n) is 3.21. The van der Waals surface area contributed by atoms with Crippen LogP contribution in [0.5, 0.6) is 5.75 Å². The fraction of sp³-hybridized carbons (Fsp3) is 0.389. The summed E-state index contributed by atoms with van der Waals surface area (Å²) in [4.78, 5) is 2.30. The molecule has 0 aliphatic carbocycles. The number of nitrogens with zero attached hydrogens (tertiary/aromatic N) is 5. The Labute approximate surface area is 145 Å². The molecule has 3 heterocycles. The van der Waals surface area contributed by atoms with Crippen molar-refractivity contribution in [2.24, 2.45) is 0 Å². The molecule has 0 unspecified atom stereocenters. The number of fused-ring (bicyclic) bond motifs is 1. The van der Waals surface area contributed by atoms with E-state index in [2.05, 4.69) is 33.2 Å². The van der Waals surface area contributed by atoms with Gasteiger partial charge in [-0.3, -0.25) is 0 Å². The van der Waals surface area contributed by atoms with Gasteiger partial charge >= 0.3 is 0 Å². The highest BCUT2D eigenvalue weighted by atomic mass is 19.1. The molecule has 1 aliphatic rings. The first-order valence-corrected chi connectivity index (χ1v) is 8.60. The van der Waals surface area contributed by atoms with Crippen molar-refractivity contribution in [2.75, 3.05) is 18.0 Å². The predicted octanol–water partition coefficient (Wildman–Crippen LogP) is 2.87. The second kappa shape index (κ2) is 6.66. The molecule has 0 spiro atoms. The van der Waals surface area contributed by atoms with E-state index in [1.165, 1.54) is 12.1 Å². The van der Waals surface area contributed by atoms with Gasteiger partial charge < -0.3 is 9.64 Å². The molecule has 1 fully saturated rings. The molecule has 0 N–H and O–H groups in total. The van der Waals surface area contributed by atoms with Crippen LogP contribution in [0, 0.1) is 5.82 Å². The van der Waals surface area contributed by atoms with Gasteiger partial charge in [0.2, 0.25) is 5.65 Å². The van der Waals surface area contributed by atoms with Gasteiger partial charge in [-0.15, -0.1) is 10.2 Å². The van der Waals surface area contributed by atoms with Gasteiger partial charge in [0.25, 0.3) is 0 Å². The van der Waals surface area contributed by atoms with Crippen molar-refractivity contribution in [3.63, 3.8) is 0 Å². The topological polar surface area (TPSA) is 55.5 Å². The third kappa shape index (κ3) is 3.26. The van der Waals surface area contributed by atoms with Crippen molar-refractivity contribution in [1.29, 1.82) is 0 Å². The minimum atomic E-state index is -0.270. The van der Waals surface area contributed by atoms with Crippen LogP contribution < -0.4 is 9.64 Å². The molecule has 1 saturated heterocycles. The first-order valence-electron chi connectivity index (χ1n) is 8.60. The van der Waals surface area contributed by atoms with Gasteiger partial charge in [0.05, 0.1) is 11.4 Å².